The molecule has 0 fully saturated rings. The quantitative estimate of drug-likeness (QED) is 0.678. The van der Waals surface area contributed by atoms with E-state index in [0.717, 1.165) is 6.92 Å². The molecular weight excluding hydrogens is 271 g/mol. The molecule has 0 saturated carbocycles. The van der Waals surface area contributed by atoms with Gasteiger partial charge in [0, 0.05) is 11.6 Å². The third-order valence-electron chi connectivity index (χ3n) is 3.11. The molecule has 0 spiro atoms. The van der Waals surface area contributed by atoms with E-state index in [9.17, 15) is 18.3 Å². The van der Waals surface area contributed by atoms with Crippen molar-refractivity contribution in [3.63, 3.8) is 0 Å². The fourth-order valence-electron chi connectivity index (χ4n) is 1.92. The fraction of sp³-hybridized carbons (Fsp3) is 0.357. The van der Waals surface area contributed by atoms with Gasteiger partial charge in [0.2, 0.25) is 5.60 Å². The number of ether oxygens (including phenoxy) is 1. The normalized spacial score (nSPS) is 14.6. The van der Waals surface area contributed by atoms with Crippen LogP contribution in [0.15, 0.2) is 29.3 Å². The maximum atomic E-state index is 13.3. The van der Waals surface area contributed by atoms with E-state index in [1.807, 2.05) is 0 Å². The molecule has 3 nitrogen and oxygen atoms in total. The Bertz CT molecular complexity index is 552. The number of alkyl halides is 3. The first kappa shape index (κ1) is 16.2. The molecule has 1 aromatic rings. The maximum Gasteiger partial charge on any atom is 0.425 e. The highest BCUT2D eigenvalue weighted by Gasteiger charge is 2.57. The first-order valence-corrected chi connectivity index (χ1v) is 5.70. The Hall–Kier alpha value is -1.82. The van der Waals surface area contributed by atoms with Gasteiger partial charge in [-0.15, -0.1) is 0 Å². The predicted molar refractivity (Wildman–Crippen MR) is 71.7 cm³/mol. The van der Waals surface area contributed by atoms with Gasteiger partial charge >= 0.3 is 6.18 Å². The Morgan fingerprint density at radius 3 is 2.25 bits per heavy atom. The summed E-state index contributed by atoms with van der Waals surface area (Å²) < 4.78 is 44.8. The van der Waals surface area contributed by atoms with Gasteiger partial charge in [-0.2, -0.15) is 13.2 Å². The van der Waals surface area contributed by atoms with Crippen LogP contribution in [-0.4, -0.2) is 25.1 Å². The number of aliphatic hydroxyl groups is 1. The van der Waals surface area contributed by atoms with Crippen LogP contribution in [0.4, 0.5) is 18.9 Å². The molecule has 0 aliphatic rings. The monoisotopic (exact) mass is 287 g/mol. The van der Waals surface area contributed by atoms with Gasteiger partial charge in [0.25, 0.3) is 0 Å². The summed E-state index contributed by atoms with van der Waals surface area (Å²) in [7, 11) is 1.22. The number of aliphatic imine (C=N–C) groups is 1. The third-order valence-corrected chi connectivity index (χ3v) is 3.11. The van der Waals surface area contributed by atoms with Crippen molar-refractivity contribution in [1.82, 2.24) is 0 Å². The van der Waals surface area contributed by atoms with Gasteiger partial charge in [0.05, 0.1) is 12.8 Å². The van der Waals surface area contributed by atoms with Crippen molar-refractivity contribution >= 4 is 12.4 Å². The molecule has 20 heavy (non-hydrogen) atoms. The number of rotatable bonds is 4. The minimum absolute atomic E-state index is 0.124. The summed E-state index contributed by atoms with van der Waals surface area (Å²) in [5.74, 6) is -0.124. The summed E-state index contributed by atoms with van der Waals surface area (Å²) in [6.07, 6.45) is -4.92. The Morgan fingerprint density at radius 1 is 1.35 bits per heavy atom. The highest BCUT2D eigenvalue weighted by molar-refractivity contribution is 5.59. The van der Waals surface area contributed by atoms with Crippen LogP contribution in [0, 0.1) is 6.92 Å². The number of methoxy groups -OCH3 is 1. The van der Waals surface area contributed by atoms with E-state index in [4.69, 9.17) is 4.74 Å². The summed E-state index contributed by atoms with van der Waals surface area (Å²) >= 11 is 0. The molecule has 110 valence electrons. The van der Waals surface area contributed by atoms with E-state index in [1.54, 1.807) is 6.92 Å². The molecule has 0 aromatic heterocycles. The second-order valence-electron chi connectivity index (χ2n) is 4.49. The number of hydrogen-bond donors (Lipinski definition) is 1. The lowest BCUT2D eigenvalue weighted by Gasteiger charge is -2.33. The lowest BCUT2D eigenvalue weighted by atomic mass is 9.85. The molecule has 1 rings (SSSR count). The average Bonchev–Trinajstić information content (AvgIpc) is 2.35. The molecule has 0 heterocycles. The van der Waals surface area contributed by atoms with Crippen LogP contribution in [0.5, 0.6) is 5.75 Å². The van der Waals surface area contributed by atoms with Gasteiger partial charge in [-0.3, -0.25) is 4.99 Å². The van der Waals surface area contributed by atoms with Crippen LogP contribution >= 0.6 is 0 Å². The Morgan fingerprint density at radius 2 is 1.90 bits per heavy atom. The van der Waals surface area contributed by atoms with Gasteiger partial charge in [-0.05, 0) is 37.8 Å². The molecule has 1 aromatic carbocycles. The Kier molecular flexibility index (Phi) is 4.29. The van der Waals surface area contributed by atoms with Crippen molar-refractivity contribution in [3.8, 4) is 5.75 Å². The summed E-state index contributed by atoms with van der Waals surface area (Å²) in [6.45, 7) is 9.28. The van der Waals surface area contributed by atoms with E-state index in [0.29, 0.717) is 11.3 Å². The second kappa shape index (κ2) is 5.28. The predicted octanol–water partition coefficient (Wildman–Crippen LogP) is 3.66. The number of benzene rings is 1. The zero-order valence-corrected chi connectivity index (χ0v) is 11.5. The van der Waals surface area contributed by atoms with Crippen LogP contribution < -0.4 is 4.74 Å². The van der Waals surface area contributed by atoms with Gasteiger partial charge in [0.1, 0.15) is 5.75 Å². The SMILES string of the molecule is C=Nc1cc(OC)c(C(O)(C(=C)C)C(F)(F)F)cc1C. The number of halogens is 3. The van der Waals surface area contributed by atoms with E-state index >= 15 is 0 Å². The smallest absolute Gasteiger partial charge is 0.425 e. The molecule has 1 unspecified atom stereocenters. The van der Waals surface area contributed by atoms with Crippen LogP contribution in [-0.2, 0) is 5.60 Å². The third kappa shape index (κ3) is 2.43. The summed E-state index contributed by atoms with van der Waals surface area (Å²) in [4.78, 5) is 3.69. The molecule has 1 atom stereocenters. The molecule has 6 heteroatoms. The van der Waals surface area contributed by atoms with E-state index in [-0.39, 0.29) is 5.75 Å². The Labute approximate surface area is 115 Å². The molecule has 0 aliphatic heterocycles. The Balaban J connectivity index is 3.70. The molecule has 1 N–H and O–H groups in total. The van der Waals surface area contributed by atoms with E-state index in [2.05, 4.69) is 18.3 Å². The summed E-state index contributed by atoms with van der Waals surface area (Å²) in [5, 5.41) is 10.1. The molecule has 0 radical (unpaired) electrons. The summed E-state index contributed by atoms with van der Waals surface area (Å²) in [5.41, 5.74) is -3.20. The van der Waals surface area contributed by atoms with Gasteiger partial charge in [-0.25, -0.2) is 0 Å². The fourth-order valence-corrected chi connectivity index (χ4v) is 1.92. The van der Waals surface area contributed by atoms with Crippen molar-refractivity contribution in [2.45, 2.75) is 25.6 Å². The lowest BCUT2D eigenvalue weighted by molar-refractivity contribution is -0.250. The first-order chi connectivity index (χ1) is 9.09. The zero-order valence-electron chi connectivity index (χ0n) is 11.5. The van der Waals surface area contributed by atoms with Crippen molar-refractivity contribution in [2.24, 2.45) is 4.99 Å². The van der Waals surface area contributed by atoms with Crippen LogP contribution in [0.1, 0.15) is 18.1 Å². The topological polar surface area (TPSA) is 41.8 Å². The second-order valence-corrected chi connectivity index (χ2v) is 4.49. The molecule has 0 saturated heterocycles. The maximum absolute atomic E-state index is 13.3. The molecule has 0 bridgehead atoms. The summed E-state index contributed by atoms with van der Waals surface area (Å²) in [6, 6.07) is 2.49. The van der Waals surface area contributed by atoms with Crippen LogP contribution in [0.2, 0.25) is 0 Å². The lowest BCUT2D eigenvalue weighted by Crippen LogP contribution is -2.43. The van der Waals surface area contributed by atoms with E-state index < -0.39 is 22.9 Å². The van der Waals surface area contributed by atoms with Crippen molar-refractivity contribution in [2.75, 3.05) is 7.11 Å². The molecule has 0 amide bonds. The first-order valence-electron chi connectivity index (χ1n) is 5.70. The van der Waals surface area contributed by atoms with Gasteiger partial charge in [0.15, 0.2) is 0 Å². The number of hydrogen-bond acceptors (Lipinski definition) is 3. The highest BCUT2D eigenvalue weighted by atomic mass is 19.4. The zero-order chi connectivity index (χ0) is 15.7. The van der Waals surface area contributed by atoms with Gasteiger partial charge < -0.3 is 9.84 Å². The van der Waals surface area contributed by atoms with Crippen LogP contribution in [0.3, 0.4) is 0 Å². The van der Waals surface area contributed by atoms with Crippen molar-refractivity contribution < 1.29 is 23.0 Å². The van der Waals surface area contributed by atoms with Crippen LogP contribution in [0.25, 0.3) is 0 Å². The molecule has 0 aliphatic carbocycles. The minimum atomic E-state index is -4.92. The number of nitrogens with zero attached hydrogens (tertiary/aromatic N) is 1. The standard InChI is InChI=1S/C14H16F3NO2/c1-8(2)13(19,14(15,16)17)10-6-9(3)11(18-4)7-12(10)20-5/h6-7,19H,1,4H2,2-3,5H3. The van der Waals surface area contributed by atoms with Crippen molar-refractivity contribution in [3.05, 3.63) is 35.4 Å². The highest BCUT2D eigenvalue weighted by Crippen LogP contribution is 2.48. The van der Waals surface area contributed by atoms with Crippen molar-refractivity contribution in [1.29, 1.82) is 0 Å². The minimum Gasteiger partial charge on any atom is -0.496 e. The van der Waals surface area contributed by atoms with Gasteiger partial charge in [-0.1, -0.05) is 6.58 Å². The largest absolute Gasteiger partial charge is 0.496 e. The average molecular weight is 287 g/mol. The van der Waals surface area contributed by atoms with E-state index in [1.165, 1.54) is 19.2 Å². The number of aryl methyl sites for hydroxylation is 1. The molecular formula is C14H16F3NO2.